The van der Waals surface area contributed by atoms with Crippen molar-refractivity contribution >= 4 is 17.7 Å². The molecule has 2 aromatic carbocycles. The van der Waals surface area contributed by atoms with Gasteiger partial charge in [-0.2, -0.15) is 0 Å². The molecule has 3 rings (SSSR count). The number of halogens is 1. The number of nitrogens with zero attached hydrogens (tertiary/aromatic N) is 1. The fourth-order valence-corrected chi connectivity index (χ4v) is 3.84. The molecule has 0 aliphatic heterocycles. The number of carbonyl (C=O) groups is 1. The normalized spacial score (nSPS) is 10.7. The van der Waals surface area contributed by atoms with Crippen molar-refractivity contribution in [2.75, 3.05) is 26.5 Å². The number of oxazole rings is 1. The zero-order chi connectivity index (χ0) is 22.2. The SMILES string of the molecule is COc1ccc(CCNC(=O)CSCc2nc(-c3ccccc3F)oc2C)cc1OC. The number of rotatable bonds is 10. The molecule has 1 heterocycles. The lowest BCUT2D eigenvalue weighted by molar-refractivity contribution is -0.118. The molecule has 0 spiro atoms. The fraction of sp³-hybridized carbons (Fsp3) is 0.304. The van der Waals surface area contributed by atoms with Crippen LogP contribution in [-0.2, 0) is 17.0 Å². The summed E-state index contributed by atoms with van der Waals surface area (Å²) in [4.78, 5) is 16.5. The largest absolute Gasteiger partial charge is 0.493 e. The standard InChI is InChI=1S/C23H25FN2O4S/c1-15-19(26-23(30-15)17-6-4-5-7-18(17)24)13-31-14-22(27)25-11-10-16-8-9-20(28-2)21(12-16)29-3/h4-9,12H,10-11,13-14H2,1-3H3,(H,25,27). The molecular formula is C23H25FN2O4S. The van der Waals surface area contributed by atoms with Crippen molar-refractivity contribution in [3.05, 3.63) is 65.3 Å². The van der Waals surface area contributed by atoms with E-state index in [1.165, 1.54) is 17.8 Å². The lowest BCUT2D eigenvalue weighted by Gasteiger charge is -2.10. The van der Waals surface area contributed by atoms with Gasteiger partial charge in [-0.05, 0) is 43.2 Å². The van der Waals surface area contributed by atoms with Gasteiger partial charge in [-0.15, -0.1) is 11.8 Å². The molecule has 0 atom stereocenters. The molecule has 164 valence electrons. The molecule has 8 heteroatoms. The second-order valence-electron chi connectivity index (χ2n) is 6.78. The summed E-state index contributed by atoms with van der Waals surface area (Å²) >= 11 is 1.43. The minimum absolute atomic E-state index is 0.0547. The van der Waals surface area contributed by atoms with Crippen molar-refractivity contribution in [2.24, 2.45) is 0 Å². The third-order valence-electron chi connectivity index (χ3n) is 4.65. The zero-order valence-electron chi connectivity index (χ0n) is 17.7. The highest BCUT2D eigenvalue weighted by atomic mass is 32.2. The number of carbonyl (C=O) groups excluding carboxylic acids is 1. The Bertz CT molecular complexity index is 1040. The number of aryl methyl sites for hydroxylation is 1. The third-order valence-corrected chi connectivity index (χ3v) is 5.60. The quantitative estimate of drug-likeness (QED) is 0.500. The average molecular weight is 445 g/mol. The van der Waals surface area contributed by atoms with Crippen molar-refractivity contribution in [2.45, 2.75) is 19.1 Å². The molecule has 0 aliphatic rings. The van der Waals surface area contributed by atoms with Crippen LogP contribution in [0, 0.1) is 12.7 Å². The van der Waals surface area contributed by atoms with Crippen LogP contribution in [-0.4, -0.2) is 37.4 Å². The van der Waals surface area contributed by atoms with Crippen LogP contribution in [0.4, 0.5) is 4.39 Å². The van der Waals surface area contributed by atoms with E-state index in [9.17, 15) is 9.18 Å². The van der Waals surface area contributed by atoms with Gasteiger partial charge in [-0.1, -0.05) is 18.2 Å². The Morgan fingerprint density at radius 1 is 1.16 bits per heavy atom. The second kappa shape index (κ2) is 10.9. The summed E-state index contributed by atoms with van der Waals surface area (Å²) in [5.41, 5.74) is 2.08. The molecule has 1 aromatic heterocycles. The molecule has 0 saturated carbocycles. The van der Waals surface area contributed by atoms with Crippen molar-refractivity contribution < 1.29 is 23.1 Å². The van der Waals surface area contributed by atoms with E-state index in [-0.39, 0.29) is 17.6 Å². The van der Waals surface area contributed by atoms with Gasteiger partial charge >= 0.3 is 0 Å². The summed E-state index contributed by atoms with van der Waals surface area (Å²) < 4.78 is 30.1. The van der Waals surface area contributed by atoms with E-state index >= 15 is 0 Å². The van der Waals surface area contributed by atoms with Gasteiger partial charge in [0, 0.05) is 12.3 Å². The molecule has 3 aromatic rings. The van der Waals surface area contributed by atoms with Gasteiger partial charge in [0.1, 0.15) is 11.6 Å². The van der Waals surface area contributed by atoms with Crippen LogP contribution in [0.1, 0.15) is 17.0 Å². The monoisotopic (exact) mass is 444 g/mol. The number of nitrogens with one attached hydrogen (secondary N) is 1. The zero-order valence-corrected chi connectivity index (χ0v) is 18.6. The summed E-state index contributed by atoms with van der Waals surface area (Å²) in [6.45, 7) is 2.31. The van der Waals surface area contributed by atoms with Crippen LogP contribution in [0.15, 0.2) is 46.9 Å². The maximum atomic E-state index is 13.9. The van der Waals surface area contributed by atoms with E-state index in [0.717, 1.165) is 5.56 Å². The highest BCUT2D eigenvalue weighted by Gasteiger charge is 2.15. The number of hydrogen-bond donors (Lipinski definition) is 1. The number of benzene rings is 2. The number of methoxy groups -OCH3 is 2. The molecule has 0 aliphatic carbocycles. The van der Waals surface area contributed by atoms with Crippen LogP contribution in [0.5, 0.6) is 11.5 Å². The van der Waals surface area contributed by atoms with Gasteiger partial charge < -0.3 is 19.2 Å². The summed E-state index contributed by atoms with van der Waals surface area (Å²) in [6, 6.07) is 12.1. The lowest BCUT2D eigenvalue weighted by atomic mass is 10.1. The molecule has 31 heavy (non-hydrogen) atoms. The Morgan fingerprint density at radius 3 is 2.68 bits per heavy atom. The molecule has 1 amide bonds. The van der Waals surface area contributed by atoms with Gasteiger partial charge in [-0.25, -0.2) is 9.37 Å². The fourth-order valence-electron chi connectivity index (χ4n) is 2.99. The summed E-state index contributed by atoms with van der Waals surface area (Å²) in [5.74, 6) is 2.59. The smallest absolute Gasteiger partial charge is 0.230 e. The predicted octanol–water partition coefficient (Wildman–Crippen LogP) is 4.40. The Kier molecular flexibility index (Phi) is 7.94. The van der Waals surface area contributed by atoms with E-state index < -0.39 is 0 Å². The molecule has 0 unspecified atom stereocenters. The number of aromatic nitrogens is 1. The lowest BCUT2D eigenvalue weighted by Crippen LogP contribution is -2.27. The van der Waals surface area contributed by atoms with Gasteiger partial charge in [-0.3, -0.25) is 4.79 Å². The molecule has 1 N–H and O–H groups in total. The molecule has 0 bridgehead atoms. The van der Waals surface area contributed by atoms with E-state index in [4.69, 9.17) is 13.9 Å². The highest BCUT2D eigenvalue weighted by Crippen LogP contribution is 2.28. The van der Waals surface area contributed by atoms with E-state index in [1.807, 2.05) is 18.2 Å². The molecule has 6 nitrogen and oxygen atoms in total. The summed E-state index contributed by atoms with van der Waals surface area (Å²) in [5, 5.41) is 2.91. The topological polar surface area (TPSA) is 73.6 Å². The van der Waals surface area contributed by atoms with Crippen molar-refractivity contribution in [3.63, 3.8) is 0 Å². The minimum atomic E-state index is -0.378. The number of ether oxygens (including phenoxy) is 2. The first-order valence-electron chi connectivity index (χ1n) is 9.78. The second-order valence-corrected chi connectivity index (χ2v) is 7.77. The van der Waals surface area contributed by atoms with Crippen molar-refractivity contribution in [3.8, 4) is 23.0 Å². The predicted molar refractivity (Wildman–Crippen MR) is 119 cm³/mol. The van der Waals surface area contributed by atoms with Crippen molar-refractivity contribution in [1.29, 1.82) is 0 Å². The average Bonchev–Trinajstić information content (AvgIpc) is 3.14. The Balaban J connectivity index is 1.44. The van der Waals surface area contributed by atoms with Crippen LogP contribution in [0.25, 0.3) is 11.5 Å². The van der Waals surface area contributed by atoms with Gasteiger partial charge in [0.2, 0.25) is 11.8 Å². The summed E-state index contributed by atoms with van der Waals surface area (Å²) in [7, 11) is 3.19. The third kappa shape index (κ3) is 6.01. The maximum Gasteiger partial charge on any atom is 0.230 e. The van der Waals surface area contributed by atoms with Gasteiger partial charge in [0.15, 0.2) is 11.5 Å². The Morgan fingerprint density at radius 2 is 1.94 bits per heavy atom. The first kappa shape index (κ1) is 22.7. The van der Waals surface area contributed by atoms with E-state index in [0.29, 0.717) is 53.0 Å². The first-order valence-corrected chi connectivity index (χ1v) is 10.9. The molecular weight excluding hydrogens is 419 g/mol. The van der Waals surface area contributed by atoms with Crippen LogP contribution in [0.2, 0.25) is 0 Å². The number of thioether (sulfide) groups is 1. The molecule has 0 saturated heterocycles. The molecule has 0 fully saturated rings. The van der Waals surface area contributed by atoms with Crippen LogP contribution in [0.3, 0.4) is 0 Å². The van der Waals surface area contributed by atoms with Crippen LogP contribution < -0.4 is 14.8 Å². The minimum Gasteiger partial charge on any atom is -0.493 e. The Labute approximate surface area is 185 Å². The number of amides is 1. The highest BCUT2D eigenvalue weighted by molar-refractivity contribution is 7.99. The number of hydrogen-bond acceptors (Lipinski definition) is 6. The van der Waals surface area contributed by atoms with Crippen LogP contribution >= 0.6 is 11.8 Å². The maximum absolute atomic E-state index is 13.9. The van der Waals surface area contributed by atoms with Gasteiger partial charge in [0.25, 0.3) is 0 Å². The van der Waals surface area contributed by atoms with Gasteiger partial charge in [0.05, 0.1) is 31.2 Å². The van der Waals surface area contributed by atoms with E-state index in [2.05, 4.69) is 10.3 Å². The Hall–Kier alpha value is -3.00. The first-order chi connectivity index (χ1) is 15.0. The molecule has 0 radical (unpaired) electrons. The summed E-state index contributed by atoms with van der Waals surface area (Å²) in [6.07, 6.45) is 0.686. The van der Waals surface area contributed by atoms with E-state index in [1.54, 1.807) is 39.3 Å². The van der Waals surface area contributed by atoms with Crippen molar-refractivity contribution in [1.82, 2.24) is 10.3 Å².